The summed E-state index contributed by atoms with van der Waals surface area (Å²) in [7, 11) is 0. The third kappa shape index (κ3) is 9.44. The van der Waals surface area contributed by atoms with E-state index < -0.39 is 17.8 Å². The fourth-order valence-corrected chi connectivity index (χ4v) is 1.88. The van der Waals surface area contributed by atoms with Gasteiger partial charge in [-0.3, -0.25) is 0 Å². The van der Waals surface area contributed by atoms with Gasteiger partial charge in [0.15, 0.2) is 0 Å². The summed E-state index contributed by atoms with van der Waals surface area (Å²) in [6.45, 7) is 11.5. The van der Waals surface area contributed by atoms with Crippen LogP contribution < -0.4 is 16.8 Å². The molecule has 0 saturated heterocycles. The Labute approximate surface area is 133 Å². The monoisotopic (exact) mass is 317 g/mol. The summed E-state index contributed by atoms with van der Waals surface area (Å²) in [5.74, 6) is 0. The number of carbonyl (C=O) groups is 2. The molecule has 22 heavy (non-hydrogen) atoms. The third-order valence-corrected chi connectivity index (χ3v) is 3.01. The highest BCUT2D eigenvalue weighted by atomic mass is 16.6. The van der Waals surface area contributed by atoms with Crippen LogP contribution in [0.15, 0.2) is 0 Å². The number of ether oxygens (including phenoxy) is 2. The first-order valence-electron chi connectivity index (χ1n) is 7.51. The number of nitrogens with one attached hydrogen (secondary N) is 1. The van der Waals surface area contributed by atoms with E-state index in [4.69, 9.17) is 20.9 Å². The standard InChI is InChI=1S/C15H31N3O4/c1-14(2,3)11(21-12(17)19)8-7-10(9-16)18-13(20)22-15(4,5)6/h10-11H,7-9,16H2,1-6H3,(H2,17,19)(H,18,20)/t10-,11?/m0/s1. The SMILES string of the molecule is CC(C)(C)OC(=O)N[C@H](CN)CCC(OC(N)=O)C(C)(C)C. The van der Waals surface area contributed by atoms with Crippen molar-refractivity contribution >= 4 is 12.2 Å². The second-order valence-electron chi connectivity index (χ2n) is 7.45. The number of primary amides is 1. The van der Waals surface area contributed by atoms with Gasteiger partial charge >= 0.3 is 12.2 Å². The number of nitrogens with two attached hydrogens (primary N) is 2. The molecule has 5 N–H and O–H groups in total. The zero-order chi connectivity index (χ0) is 17.6. The average Bonchev–Trinajstić information content (AvgIpc) is 2.28. The predicted octanol–water partition coefficient (Wildman–Crippen LogP) is 2.13. The molecule has 0 spiro atoms. The second-order valence-corrected chi connectivity index (χ2v) is 7.45. The van der Waals surface area contributed by atoms with E-state index in [-0.39, 0.29) is 24.1 Å². The third-order valence-electron chi connectivity index (χ3n) is 3.01. The largest absolute Gasteiger partial charge is 0.446 e. The van der Waals surface area contributed by atoms with Crippen LogP contribution >= 0.6 is 0 Å². The lowest BCUT2D eigenvalue weighted by Crippen LogP contribution is -2.44. The molecular formula is C15H31N3O4. The van der Waals surface area contributed by atoms with Gasteiger partial charge in [0.1, 0.15) is 11.7 Å². The lowest BCUT2D eigenvalue weighted by atomic mass is 9.85. The molecule has 0 radical (unpaired) electrons. The Hall–Kier alpha value is -1.50. The van der Waals surface area contributed by atoms with Crippen LogP contribution in [0.5, 0.6) is 0 Å². The first-order valence-corrected chi connectivity index (χ1v) is 7.51. The van der Waals surface area contributed by atoms with Crippen LogP contribution in [0.25, 0.3) is 0 Å². The van der Waals surface area contributed by atoms with Crippen molar-refractivity contribution in [2.45, 2.75) is 72.1 Å². The Bertz CT molecular complexity index is 372. The number of hydrogen-bond donors (Lipinski definition) is 3. The van der Waals surface area contributed by atoms with Crippen molar-refractivity contribution in [3.63, 3.8) is 0 Å². The minimum atomic E-state index is -0.802. The van der Waals surface area contributed by atoms with Crippen molar-refractivity contribution in [2.24, 2.45) is 16.9 Å². The van der Waals surface area contributed by atoms with E-state index in [2.05, 4.69) is 5.32 Å². The molecule has 0 aliphatic rings. The number of alkyl carbamates (subject to hydrolysis) is 1. The zero-order valence-electron chi connectivity index (χ0n) is 14.6. The first kappa shape index (κ1) is 20.5. The minimum Gasteiger partial charge on any atom is -0.446 e. The van der Waals surface area contributed by atoms with Gasteiger partial charge in [-0.25, -0.2) is 9.59 Å². The maximum atomic E-state index is 11.8. The molecular weight excluding hydrogens is 286 g/mol. The Balaban J connectivity index is 4.53. The van der Waals surface area contributed by atoms with Gasteiger partial charge < -0.3 is 26.3 Å². The summed E-state index contributed by atoms with van der Waals surface area (Å²) in [6.07, 6.45) is -0.551. The molecule has 0 fully saturated rings. The van der Waals surface area contributed by atoms with Gasteiger partial charge in [0, 0.05) is 12.6 Å². The number of hydrogen-bond acceptors (Lipinski definition) is 5. The maximum Gasteiger partial charge on any atom is 0.407 e. The maximum absolute atomic E-state index is 11.8. The molecule has 0 aromatic carbocycles. The van der Waals surface area contributed by atoms with Crippen molar-refractivity contribution in [3.05, 3.63) is 0 Å². The van der Waals surface area contributed by atoms with Crippen molar-refractivity contribution < 1.29 is 19.1 Å². The van der Waals surface area contributed by atoms with Crippen LogP contribution in [0, 0.1) is 5.41 Å². The Kier molecular flexibility index (Phi) is 7.66. The molecule has 0 aromatic rings. The molecule has 2 atom stereocenters. The van der Waals surface area contributed by atoms with E-state index in [0.29, 0.717) is 12.8 Å². The van der Waals surface area contributed by atoms with Gasteiger partial charge in [-0.2, -0.15) is 0 Å². The van der Waals surface area contributed by atoms with E-state index in [1.165, 1.54) is 0 Å². The van der Waals surface area contributed by atoms with Crippen LogP contribution in [-0.2, 0) is 9.47 Å². The summed E-state index contributed by atoms with van der Waals surface area (Å²) in [5.41, 5.74) is 9.97. The second kappa shape index (κ2) is 8.22. The van der Waals surface area contributed by atoms with Crippen LogP contribution in [0.3, 0.4) is 0 Å². The zero-order valence-corrected chi connectivity index (χ0v) is 14.6. The van der Waals surface area contributed by atoms with Crippen molar-refractivity contribution in [2.75, 3.05) is 6.54 Å². The molecule has 130 valence electrons. The fraction of sp³-hybridized carbons (Fsp3) is 0.867. The van der Waals surface area contributed by atoms with Gasteiger partial charge in [0.05, 0.1) is 0 Å². The number of carbonyl (C=O) groups excluding carboxylic acids is 2. The van der Waals surface area contributed by atoms with E-state index in [9.17, 15) is 9.59 Å². The minimum absolute atomic E-state index is 0.250. The van der Waals surface area contributed by atoms with Crippen molar-refractivity contribution in [1.29, 1.82) is 0 Å². The number of rotatable bonds is 6. The topological polar surface area (TPSA) is 117 Å². The quantitative estimate of drug-likeness (QED) is 0.693. The van der Waals surface area contributed by atoms with Crippen LogP contribution in [0.4, 0.5) is 9.59 Å². The molecule has 0 saturated carbocycles. The molecule has 0 aliphatic carbocycles. The molecule has 0 aromatic heterocycles. The highest BCUT2D eigenvalue weighted by Crippen LogP contribution is 2.26. The molecule has 7 nitrogen and oxygen atoms in total. The Morgan fingerprint density at radius 2 is 1.64 bits per heavy atom. The smallest absolute Gasteiger partial charge is 0.407 e. The summed E-state index contributed by atoms with van der Waals surface area (Å²) in [4.78, 5) is 22.7. The lowest BCUT2D eigenvalue weighted by Gasteiger charge is -2.31. The van der Waals surface area contributed by atoms with Gasteiger partial charge in [0.25, 0.3) is 0 Å². The molecule has 0 bridgehead atoms. The van der Waals surface area contributed by atoms with Crippen molar-refractivity contribution in [1.82, 2.24) is 5.32 Å². The average molecular weight is 317 g/mol. The molecule has 1 unspecified atom stereocenters. The molecule has 0 rings (SSSR count). The Morgan fingerprint density at radius 1 is 1.09 bits per heavy atom. The normalized spacial score (nSPS) is 14.9. The van der Waals surface area contributed by atoms with Gasteiger partial charge in [-0.1, -0.05) is 20.8 Å². The first-order chi connectivity index (χ1) is 9.85. The molecule has 0 heterocycles. The predicted molar refractivity (Wildman–Crippen MR) is 85.4 cm³/mol. The van der Waals surface area contributed by atoms with Gasteiger partial charge in [-0.05, 0) is 39.0 Å². The highest BCUT2D eigenvalue weighted by molar-refractivity contribution is 5.68. The van der Waals surface area contributed by atoms with Crippen molar-refractivity contribution in [3.8, 4) is 0 Å². The summed E-state index contributed by atoms with van der Waals surface area (Å²) < 4.78 is 10.3. The van der Waals surface area contributed by atoms with E-state index >= 15 is 0 Å². The molecule has 0 aliphatic heterocycles. The van der Waals surface area contributed by atoms with Crippen LogP contribution in [0.2, 0.25) is 0 Å². The lowest BCUT2D eigenvalue weighted by molar-refractivity contribution is 0.0266. The summed E-state index contributed by atoms with van der Waals surface area (Å²) >= 11 is 0. The molecule has 2 amide bonds. The number of amides is 2. The van der Waals surface area contributed by atoms with E-state index in [1.807, 2.05) is 20.8 Å². The van der Waals surface area contributed by atoms with E-state index in [1.54, 1.807) is 20.8 Å². The molecule has 7 heteroatoms. The fourth-order valence-electron chi connectivity index (χ4n) is 1.88. The van der Waals surface area contributed by atoms with Gasteiger partial charge in [-0.15, -0.1) is 0 Å². The van der Waals surface area contributed by atoms with E-state index in [0.717, 1.165) is 0 Å². The summed E-state index contributed by atoms with van der Waals surface area (Å²) in [5, 5.41) is 2.73. The van der Waals surface area contributed by atoms with Crippen LogP contribution in [-0.4, -0.2) is 36.5 Å². The summed E-state index contributed by atoms with van der Waals surface area (Å²) in [6, 6.07) is -0.254. The highest BCUT2D eigenvalue weighted by Gasteiger charge is 2.29. The van der Waals surface area contributed by atoms with Gasteiger partial charge in [0.2, 0.25) is 0 Å². The Morgan fingerprint density at radius 3 is 2.00 bits per heavy atom. The van der Waals surface area contributed by atoms with Crippen LogP contribution in [0.1, 0.15) is 54.4 Å².